The van der Waals surface area contributed by atoms with Crippen molar-refractivity contribution < 1.29 is 9.53 Å². The standard InChI is InChI=1S/C15H16N2O3S/c1-9(18)12-8-13(21-3)14(16)17(15(12)19)10-4-6-11(20-2)7-5-10/h4-8H,16H2,1-3H3. The van der Waals surface area contributed by atoms with Gasteiger partial charge in [0.2, 0.25) is 0 Å². The third kappa shape index (κ3) is 2.80. The van der Waals surface area contributed by atoms with E-state index in [0.29, 0.717) is 22.2 Å². The number of anilines is 1. The van der Waals surface area contributed by atoms with Crippen LogP contribution in [0.15, 0.2) is 40.0 Å². The molecule has 0 saturated carbocycles. The fourth-order valence-corrected chi connectivity index (χ4v) is 2.55. The van der Waals surface area contributed by atoms with Crippen molar-refractivity contribution >= 4 is 23.4 Å². The van der Waals surface area contributed by atoms with Crippen LogP contribution in [-0.2, 0) is 0 Å². The maximum absolute atomic E-state index is 12.5. The molecule has 0 saturated heterocycles. The summed E-state index contributed by atoms with van der Waals surface area (Å²) in [7, 11) is 1.57. The van der Waals surface area contributed by atoms with Gasteiger partial charge in [0.1, 0.15) is 11.6 Å². The molecular weight excluding hydrogens is 288 g/mol. The second kappa shape index (κ2) is 6.05. The maximum atomic E-state index is 12.5. The van der Waals surface area contributed by atoms with Gasteiger partial charge in [0.25, 0.3) is 5.56 Å². The van der Waals surface area contributed by atoms with Gasteiger partial charge in [-0.1, -0.05) is 0 Å². The summed E-state index contributed by atoms with van der Waals surface area (Å²) in [6, 6.07) is 8.47. The molecule has 0 radical (unpaired) electrons. The monoisotopic (exact) mass is 304 g/mol. The van der Waals surface area contributed by atoms with Crippen molar-refractivity contribution in [2.24, 2.45) is 0 Å². The number of carbonyl (C=O) groups excluding carboxylic acids is 1. The summed E-state index contributed by atoms with van der Waals surface area (Å²) in [6.45, 7) is 1.37. The van der Waals surface area contributed by atoms with E-state index >= 15 is 0 Å². The number of thioether (sulfide) groups is 1. The van der Waals surface area contributed by atoms with Crippen LogP contribution < -0.4 is 16.0 Å². The summed E-state index contributed by atoms with van der Waals surface area (Å²) in [5, 5.41) is 0. The lowest BCUT2D eigenvalue weighted by atomic mass is 10.2. The van der Waals surface area contributed by atoms with Crippen molar-refractivity contribution in [1.29, 1.82) is 0 Å². The molecule has 2 rings (SSSR count). The molecule has 0 aliphatic rings. The molecule has 0 aliphatic heterocycles. The van der Waals surface area contributed by atoms with Gasteiger partial charge >= 0.3 is 0 Å². The highest BCUT2D eigenvalue weighted by atomic mass is 32.2. The molecule has 1 aromatic heterocycles. The van der Waals surface area contributed by atoms with Gasteiger partial charge in [-0.15, -0.1) is 11.8 Å². The average Bonchev–Trinajstić information content (AvgIpc) is 2.48. The fourth-order valence-electron chi connectivity index (χ4n) is 2.01. The Bertz CT molecular complexity index is 736. The Morgan fingerprint density at radius 3 is 2.38 bits per heavy atom. The summed E-state index contributed by atoms with van der Waals surface area (Å²) in [4.78, 5) is 24.8. The second-order valence-corrected chi connectivity index (χ2v) is 5.25. The third-order valence-electron chi connectivity index (χ3n) is 3.13. The smallest absolute Gasteiger partial charge is 0.267 e. The van der Waals surface area contributed by atoms with Crippen LogP contribution in [0.2, 0.25) is 0 Å². The van der Waals surface area contributed by atoms with Crippen LogP contribution in [0.25, 0.3) is 5.69 Å². The maximum Gasteiger partial charge on any atom is 0.267 e. The number of aromatic nitrogens is 1. The fraction of sp³-hybridized carbons (Fsp3) is 0.200. The van der Waals surface area contributed by atoms with Crippen LogP contribution in [0, 0.1) is 0 Å². The minimum atomic E-state index is -0.414. The number of Topliss-reactive ketones (excluding diaryl/α,β-unsaturated/α-hetero) is 1. The van der Waals surface area contributed by atoms with Gasteiger partial charge in [0, 0.05) is 4.90 Å². The first-order valence-corrected chi connectivity index (χ1v) is 7.47. The molecule has 1 heterocycles. The number of carbonyl (C=O) groups is 1. The van der Waals surface area contributed by atoms with Crippen molar-refractivity contribution in [1.82, 2.24) is 4.57 Å². The Hall–Kier alpha value is -2.21. The zero-order valence-corrected chi connectivity index (χ0v) is 12.9. The van der Waals surface area contributed by atoms with Gasteiger partial charge in [-0.3, -0.25) is 14.2 Å². The van der Waals surface area contributed by atoms with Crippen LogP contribution in [0.1, 0.15) is 17.3 Å². The molecule has 0 aliphatic carbocycles. The van der Waals surface area contributed by atoms with Gasteiger partial charge in [-0.25, -0.2) is 0 Å². The van der Waals surface area contributed by atoms with E-state index in [2.05, 4.69) is 0 Å². The lowest BCUT2D eigenvalue weighted by Crippen LogP contribution is -2.27. The van der Waals surface area contributed by atoms with Crippen molar-refractivity contribution in [3.8, 4) is 11.4 Å². The highest BCUT2D eigenvalue weighted by molar-refractivity contribution is 7.98. The first kappa shape index (κ1) is 15.2. The number of rotatable bonds is 4. The molecule has 0 fully saturated rings. The topological polar surface area (TPSA) is 74.3 Å². The number of benzene rings is 1. The molecule has 110 valence electrons. The SMILES string of the molecule is COc1ccc(-n2c(N)c(SC)cc(C(C)=O)c2=O)cc1. The van der Waals surface area contributed by atoms with E-state index in [1.807, 2.05) is 6.26 Å². The predicted molar refractivity (Wildman–Crippen MR) is 84.8 cm³/mol. The number of hydrogen-bond acceptors (Lipinski definition) is 5. The molecule has 21 heavy (non-hydrogen) atoms. The van der Waals surface area contributed by atoms with Crippen LogP contribution in [0.4, 0.5) is 5.82 Å². The van der Waals surface area contributed by atoms with E-state index in [0.717, 1.165) is 0 Å². The zero-order valence-electron chi connectivity index (χ0n) is 12.0. The molecule has 0 amide bonds. The quantitative estimate of drug-likeness (QED) is 0.693. The molecule has 2 N–H and O–H groups in total. The lowest BCUT2D eigenvalue weighted by molar-refractivity contribution is 0.101. The van der Waals surface area contributed by atoms with Crippen LogP contribution in [0.3, 0.4) is 0 Å². The predicted octanol–water partition coefficient (Wildman–Crippen LogP) is 2.35. The van der Waals surface area contributed by atoms with Gasteiger partial charge in [0.05, 0.1) is 18.4 Å². The third-order valence-corrected chi connectivity index (χ3v) is 3.90. The molecular formula is C15H16N2O3S. The first-order valence-electron chi connectivity index (χ1n) is 6.24. The Labute approximate surface area is 126 Å². The number of pyridine rings is 1. The van der Waals surface area contributed by atoms with Gasteiger partial charge < -0.3 is 10.5 Å². The van der Waals surface area contributed by atoms with Gasteiger partial charge in [-0.2, -0.15) is 0 Å². The summed E-state index contributed by atoms with van der Waals surface area (Å²) in [6.07, 6.45) is 1.85. The number of methoxy groups -OCH3 is 1. The summed E-state index contributed by atoms with van der Waals surface area (Å²) in [5.41, 5.74) is 6.38. The van der Waals surface area contributed by atoms with Gasteiger partial charge in [0.15, 0.2) is 5.78 Å². The van der Waals surface area contributed by atoms with E-state index < -0.39 is 5.56 Å². The number of ether oxygens (including phenoxy) is 1. The van der Waals surface area contributed by atoms with E-state index in [9.17, 15) is 9.59 Å². The summed E-state index contributed by atoms with van der Waals surface area (Å²) in [5.74, 6) is 0.721. The molecule has 0 unspecified atom stereocenters. The Kier molecular flexibility index (Phi) is 4.37. The number of ketones is 1. The van der Waals surface area contributed by atoms with E-state index in [1.165, 1.54) is 23.3 Å². The van der Waals surface area contributed by atoms with Crippen molar-refractivity contribution in [2.45, 2.75) is 11.8 Å². The molecule has 0 bridgehead atoms. The molecule has 0 atom stereocenters. The number of nitrogens with zero attached hydrogens (tertiary/aromatic N) is 1. The Balaban J connectivity index is 2.73. The van der Waals surface area contributed by atoms with Crippen molar-refractivity contribution in [3.05, 3.63) is 46.2 Å². The molecule has 6 heteroatoms. The van der Waals surface area contributed by atoms with Crippen LogP contribution in [-0.4, -0.2) is 23.7 Å². The summed E-state index contributed by atoms with van der Waals surface area (Å²) >= 11 is 1.39. The zero-order chi connectivity index (χ0) is 15.6. The van der Waals surface area contributed by atoms with Crippen molar-refractivity contribution in [2.75, 3.05) is 19.1 Å². The average molecular weight is 304 g/mol. The molecule has 1 aromatic carbocycles. The van der Waals surface area contributed by atoms with E-state index in [1.54, 1.807) is 37.4 Å². The highest BCUT2D eigenvalue weighted by Gasteiger charge is 2.16. The van der Waals surface area contributed by atoms with Crippen molar-refractivity contribution in [3.63, 3.8) is 0 Å². The normalized spacial score (nSPS) is 10.4. The van der Waals surface area contributed by atoms with Crippen LogP contribution >= 0.6 is 11.8 Å². The summed E-state index contributed by atoms with van der Waals surface area (Å²) < 4.78 is 6.44. The molecule has 0 spiro atoms. The Morgan fingerprint density at radius 2 is 1.90 bits per heavy atom. The first-order chi connectivity index (χ1) is 9.99. The largest absolute Gasteiger partial charge is 0.497 e. The van der Waals surface area contributed by atoms with E-state index in [-0.39, 0.29) is 11.3 Å². The van der Waals surface area contributed by atoms with E-state index in [4.69, 9.17) is 10.5 Å². The second-order valence-electron chi connectivity index (χ2n) is 4.41. The van der Waals surface area contributed by atoms with Crippen LogP contribution in [0.5, 0.6) is 5.75 Å². The number of nitrogen functional groups attached to an aromatic ring is 1. The minimum Gasteiger partial charge on any atom is -0.497 e. The highest BCUT2D eigenvalue weighted by Crippen LogP contribution is 2.25. The Morgan fingerprint density at radius 1 is 1.29 bits per heavy atom. The van der Waals surface area contributed by atoms with Gasteiger partial charge in [-0.05, 0) is 43.5 Å². The lowest BCUT2D eigenvalue weighted by Gasteiger charge is -2.14. The number of nitrogens with two attached hydrogens (primary N) is 1. The number of hydrogen-bond donors (Lipinski definition) is 1. The minimum absolute atomic E-state index is 0.129. The molecule has 2 aromatic rings. The molecule has 5 nitrogen and oxygen atoms in total.